The molecule has 1 rings (SSSR count). The quantitative estimate of drug-likeness (QED) is 0.670. The lowest BCUT2D eigenvalue weighted by Crippen LogP contribution is -2.12. The van der Waals surface area contributed by atoms with E-state index in [2.05, 4.69) is 0 Å². The summed E-state index contributed by atoms with van der Waals surface area (Å²) in [5, 5.41) is 0. The van der Waals surface area contributed by atoms with Crippen LogP contribution in [0.25, 0.3) is 0 Å². The summed E-state index contributed by atoms with van der Waals surface area (Å²) in [6, 6.07) is 0. The van der Waals surface area contributed by atoms with Gasteiger partial charge in [0.2, 0.25) is 5.91 Å². The van der Waals surface area contributed by atoms with Crippen LogP contribution in [-0.4, -0.2) is 17.4 Å². The first-order valence-electron chi connectivity index (χ1n) is 3.33. The summed E-state index contributed by atoms with van der Waals surface area (Å²) in [5.41, 5.74) is 4.93. The highest BCUT2D eigenvalue weighted by Crippen LogP contribution is 2.25. The Labute approximate surface area is 69.0 Å². The molecule has 0 aromatic rings. The molecule has 1 aliphatic rings. The number of carbonyl (C=O) groups is 2. The fraction of sp³-hybridized carbons (Fsp3) is 0.429. The van der Waals surface area contributed by atoms with Gasteiger partial charge in [-0.15, -0.1) is 11.8 Å². The molecule has 0 unspecified atom stereocenters. The Morgan fingerprint density at radius 2 is 2.36 bits per heavy atom. The number of hydrogen-bond donors (Lipinski definition) is 1. The summed E-state index contributed by atoms with van der Waals surface area (Å²) in [6.45, 7) is 0. The second kappa shape index (κ2) is 3.57. The number of thioether (sulfide) groups is 1. The van der Waals surface area contributed by atoms with Crippen LogP contribution in [-0.2, 0) is 9.59 Å². The molecular weight excluding hydrogens is 162 g/mol. The van der Waals surface area contributed by atoms with Crippen molar-refractivity contribution < 1.29 is 9.59 Å². The minimum atomic E-state index is -0.338. The lowest BCUT2D eigenvalue weighted by atomic mass is 10.3. The topological polar surface area (TPSA) is 60.2 Å². The number of carbonyl (C=O) groups excluding carboxylic acids is 2. The summed E-state index contributed by atoms with van der Waals surface area (Å²) < 4.78 is 0. The molecule has 0 saturated heterocycles. The molecule has 60 valence electrons. The molecule has 0 bridgehead atoms. The molecule has 0 spiro atoms. The van der Waals surface area contributed by atoms with Gasteiger partial charge in [-0.05, 0) is 17.4 Å². The minimum Gasteiger partial charge on any atom is -0.369 e. The SMILES string of the molecule is NC(=O)CSC1=CC(=O)CC1. The number of allylic oxidation sites excluding steroid dienone is 2. The van der Waals surface area contributed by atoms with Crippen LogP contribution < -0.4 is 5.73 Å². The lowest BCUT2D eigenvalue weighted by Gasteiger charge is -1.95. The molecule has 1 aliphatic carbocycles. The minimum absolute atomic E-state index is 0.150. The molecular formula is C7H9NO2S. The van der Waals surface area contributed by atoms with Gasteiger partial charge in [-0.2, -0.15) is 0 Å². The zero-order valence-corrected chi connectivity index (χ0v) is 6.82. The predicted molar refractivity (Wildman–Crippen MR) is 44.0 cm³/mol. The highest BCUT2D eigenvalue weighted by molar-refractivity contribution is 8.03. The van der Waals surface area contributed by atoms with E-state index in [1.807, 2.05) is 0 Å². The number of hydrogen-bond acceptors (Lipinski definition) is 3. The number of ketones is 1. The van der Waals surface area contributed by atoms with Gasteiger partial charge < -0.3 is 5.73 Å². The molecule has 0 fully saturated rings. The number of amides is 1. The van der Waals surface area contributed by atoms with E-state index in [0.717, 1.165) is 11.3 Å². The largest absolute Gasteiger partial charge is 0.369 e. The molecule has 0 atom stereocenters. The first-order chi connectivity index (χ1) is 5.18. The first-order valence-corrected chi connectivity index (χ1v) is 4.31. The normalized spacial score (nSPS) is 16.7. The second-order valence-electron chi connectivity index (χ2n) is 2.33. The molecule has 2 N–H and O–H groups in total. The summed E-state index contributed by atoms with van der Waals surface area (Å²) in [4.78, 5) is 22.0. The van der Waals surface area contributed by atoms with Crippen LogP contribution in [0.4, 0.5) is 0 Å². The van der Waals surface area contributed by atoms with E-state index in [-0.39, 0.29) is 17.4 Å². The Balaban J connectivity index is 2.33. The van der Waals surface area contributed by atoms with Crippen molar-refractivity contribution >= 4 is 23.5 Å². The van der Waals surface area contributed by atoms with Crippen molar-refractivity contribution in [2.24, 2.45) is 5.73 Å². The van der Waals surface area contributed by atoms with Crippen molar-refractivity contribution in [2.45, 2.75) is 12.8 Å². The molecule has 0 radical (unpaired) electrons. The van der Waals surface area contributed by atoms with E-state index in [0.29, 0.717) is 6.42 Å². The van der Waals surface area contributed by atoms with Gasteiger partial charge >= 0.3 is 0 Å². The standard InChI is InChI=1S/C7H9NO2S/c8-7(10)4-11-6-2-1-5(9)3-6/h3H,1-2,4H2,(H2,8,10). The zero-order chi connectivity index (χ0) is 8.27. The summed E-state index contributed by atoms with van der Waals surface area (Å²) in [7, 11) is 0. The van der Waals surface area contributed by atoms with Gasteiger partial charge in [0, 0.05) is 6.42 Å². The Morgan fingerprint density at radius 3 is 2.82 bits per heavy atom. The third kappa shape index (κ3) is 2.76. The zero-order valence-electron chi connectivity index (χ0n) is 6.00. The first kappa shape index (κ1) is 8.33. The smallest absolute Gasteiger partial charge is 0.227 e. The van der Waals surface area contributed by atoms with Crippen molar-refractivity contribution in [2.75, 3.05) is 5.75 Å². The molecule has 11 heavy (non-hydrogen) atoms. The number of rotatable bonds is 3. The summed E-state index contributed by atoms with van der Waals surface area (Å²) in [5.74, 6) is 0.0891. The van der Waals surface area contributed by atoms with Crippen LogP contribution in [0.2, 0.25) is 0 Å². The highest BCUT2D eigenvalue weighted by Gasteiger charge is 2.12. The lowest BCUT2D eigenvalue weighted by molar-refractivity contribution is -0.115. The molecule has 0 saturated carbocycles. The van der Waals surface area contributed by atoms with Crippen molar-refractivity contribution in [3.8, 4) is 0 Å². The molecule has 4 heteroatoms. The molecule has 0 aliphatic heterocycles. The maximum atomic E-state index is 10.7. The van der Waals surface area contributed by atoms with E-state index >= 15 is 0 Å². The van der Waals surface area contributed by atoms with Gasteiger partial charge in [0.1, 0.15) is 0 Å². The molecule has 0 heterocycles. The average Bonchev–Trinajstić information content (AvgIpc) is 2.31. The Kier molecular flexibility index (Phi) is 2.70. The maximum absolute atomic E-state index is 10.7. The highest BCUT2D eigenvalue weighted by atomic mass is 32.2. The third-order valence-corrected chi connectivity index (χ3v) is 2.46. The fourth-order valence-electron chi connectivity index (χ4n) is 0.848. The van der Waals surface area contributed by atoms with E-state index in [1.165, 1.54) is 11.8 Å². The van der Waals surface area contributed by atoms with Crippen molar-refractivity contribution in [3.63, 3.8) is 0 Å². The van der Waals surface area contributed by atoms with E-state index < -0.39 is 0 Å². The van der Waals surface area contributed by atoms with Gasteiger partial charge in [0.25, 0.3) is 0 Å². The van der Waals surface area contributed by atoms with Gasteiger partial charge in [0.05, 0.1) is 5.75 Å². The maximum Gasteiger partial charge on any atom is 0.227 e. The van der Waals surface area contributed by atoms with E-state index in [4.69, 9.17) is 5.73 Å². The Hall–Kier alpha value is -0.770. The van der Waals surface area contributed by atoms with Gasteiger partial charge in [-0.1, -0.05) is 0 Å². The van der Waals surface area contributed by atoms with E-state index in [1.54, 1.807) is 6.08 Å². The molecule has 0 aromatic carbocycles. The Morgan fingerprint density at radius 1 is 1.64 bits per heavy atom. The third-order valence-electron chi connectivity index (χ3n) is 1.34. The predicted octanol–water partition coefficient (Wildman–Crippen LogP) is 0.452. The van der Waals surface area contributed by atoms with Crippen LogP contribution in [0.15, 0.2) is 11.0 Å². The Bertz CT molecular complexity index is 222. The summed E-state index contributed by atoms with van der Waals surface area (Å²) in [6.07, 6.45) is 2.95. The van der Waals surface area contributed by atoms with E-state index in [9.17, 15) is 9.59 Å². The van der Waals surface area contributed by atoms with Crippen molar-refractivity contribution in [1.82, 2.24) is 0 Å². The van der Waals surface area contributed by atoms with Crippen LogP contribution in [0.5, 0.6) is 0 Å². The van der Waals surface area contributed by atoms with Gasteiger partial charge in [0.15, 0.2) is 5.78 Å². The van der Waals surface area contributed by atoms with Gasteiger partial charge in [-0.3, -0.25) is 9.59 Å². The van der Waals surface area contributed by atoms with Crippen molar-refractivity contribution in [1.29, 1.82) is 0 Å². The second-order valence-corrected chi connectivity index (χ2v) is 3.43. The van der Waals surface area contributed by atoms with Crippen molar-refractivity contribution in [3.05, 3.63) is 11.0 Å². The monoisotopic (exact) mass is 171 g/mol. The molecule has 1 amide bonds. The average molecular weight is 171 g/mol. The van der Waals surface area contributed by atoms with Crippen LogP contribution in [0.3, 0.4) is 0 Å². The van der Waals surface area contributed by atoms with Gasteiger partial charge in [-0.25, -0.2) is 0 Å². The number of primary amides is 1. The van der Waals surface area contributed by atoms with Crippen LogP contribution in [0.1, 0.15) is 12.8 Å². The van der Waals surface area contributed by atoms with Crippen LogP contribution >= 0.6 is 11.8 Å². The fourth-order valence-corrected chi connectivity index (χ4v) is 1.64. The summed E-state index contributed by atoms with van der Waals surface area (Å²) >= 11 is 1.36. The molecule has 3 nitrogen and oxygen atoms in total. The number of nitrogens with two attached hydrogens (primary N) is 1. The molecule has 0 aromatic heterocycles. The van der Waals surface area contributed by atoms with Crippen LogP contribution in [0, 0.1) is 0 Å².